The number of Topliss-reactive ketones (excluding diaryl/α,β-unsaturated/α-hetero) is 1. The number of hydrogen-bond donors (Lipinski definition) is 0. The summed E-state index contributed by atoms with van der Waals surface area (Å²) in [6.45, 7) is 9.40. The van der Waals surface area contributed by atoms with Crippen molar-refractivity contribution >= 4 is 23.1 Å². The summed E-state index contributed by atoms with van der Waals surface area (Å²) < 4.78 is 6.54. The summed E-state index contributed by atoms with van der Waals surface area (Å²) in [5.74, 6) is -0.862. The van der Waals surface area contributed by atoms with E-state index in [-0.39, 0.29) is 22.6 Å². The highest BCUT2D eigenvalue weighted by Crippen LogP contribution is 2.22. The van der Waals surface area contributed by atoms with Crippen molar-refractivity contribution in [2.45, 2.75) is 52.7 Å². The zero-order valence-corrected chi connectivity index (χ0v) is 16.0. The van der Waals surface area contributed by atoms with Crippen molar-refractivity contribution in [1.82, 2.24) is 4.57 Å². The molecule has 2 aromatic rings. The van der Waals surface area contributed by atoms with E-state index in [1.165, 1.54) is 4.57 Å². The molecular formula is C19H23NO4S. The van der Waals surface area contributed by atoms with E-state index >= 15 is 0 Å². The van der Waals surface area contributed by atoms with Gasteiger partial charge in [0.1, 0.15) is 6.54 Å². The van der Waals surface area contributed by atoms with Crippen molar-refractivity contribution in [3.05, 3.63) is 56.1 Å². The summed E-state index contributed by atoms with van der Waals surface area (Å²) in [5.41, 5.74) is 2.33. The molecule has 5 nitrogen and oxygen atoms in total. The number of rotatable bonds is 5. The number of aromatic nitrogens is 1. The zero-order chi connectivity index (χ0) is 18.8. The molecule has 1 atom stereocenters. The Bertz CT molecular complexity index is 824. The second-order valence-electron chi connectivity index (χ2n) is 7.05. The molecule has 0 aliphatic rings. The Morgan fingerprint density at radius 1 is 1.20 bits per heavy atom. The number of benzene rings is 1. The molecule has 0 fully saturated rings. The molecule has 0 bridgehead atoms. The number of ether oxygens (including phenoxy) is 1. The van der Waals surface area contributed by atoms with Crippen LogP contribution < -0.4 is 4.87 Å². The van der Waals surface area contributed by atoms with Gasteiger partial charge in [0.05, 0.1) is 0 Å². The third-order valence-electron chi connectivity index (χ3n) is 3.98. The standard InChI is InChI=1S/C19H23NO4S/c1-12-11-25-18(23)20(12)10-16(21)24-13(2)17(22)14-6-8-15(9-7-14)19(3,4)5/h6-9,11,13H,10H2,1-5H3/t13-/m0/s1. The Morgan fingerprint density at radius 2 is 1.80 bits per heavy atom. The van der Waals surface area contributed by atoms with Gasteiger partial charge in [-0.15, -0.1) is 0 Å². The maximum atomic E-state index is 12.4. The van der Waals surface area contributed by atoms with E-state index < -0.39 is 12.1 Å². The SMILES string of the molecule is Cc1csc(=O)n1CC(=O)O[C@@H](C)C(=O)c1ccc(C(C)(C)C)cc1. The van der Waals surface area contributed by atoms with Crippen LogP contribution in [0.4, 0.5) is 0 Å². The van der Waals surface area contributed by atoms with E-state index in [0.29, 0.717) is 11.3 Å². The van der Waals surface area contributed by atoms with Gasteiger partial charge in [0.2, 0.25) is 5.78 Å². The topological polar surface area (TPSA) is 65.4 Å². The Kier molecular flexibility index (Phi) is 5.62. The zero-order valence-electron chi connectivity index (χ0n) is 15.2. The van der Waals surface area contributed by atoms with Gasteiger partial charge in [-0.05, 0) is 24.8 Å². The van der Waals surface area contributed by atoms with Crippen molar-refractivity contribution in [3.63, 3.8) is 0 Å². The first kappa shape index (κ1) is 19.1. The highest BCUT2D eigenvalue weighted by Gasteiger charge is 2.21. The summed E-state index contributed by atoms with van der Waals surface area (Å²) in [5, 5.41) is 1.68. The van der Waals surface area contributed by atoms with Crippen LogP contribution in [0.2, 0.25) is 0 Å². The molecule has 0 unspecified atom stereocenters. The normalized spacial score (nSPS) is 12.7. The minimum Gasteiger partial charge on any atom is -0.453 e. The quantitative estimate of drug-likeness (QED) is 0.605. The van der Waals surface area contributed by atoms with Crippen molar-refractivity contribution in [1.29, 1.82) is 0 Å². The third-order valence-corrected chi connectivity index (χ3v) is 4.86. The molecule has 1 aromatic heterocycles. The van der Waals surface area contributed by atoms with Gasteiger partial charge in [0, 0.05) is 16.6 Å². The van der Waals surface area contributed by atoms with Gasteiger partial charge >= 0.3 is 10.8 Å². The molecule has 0 N–H and O–H groups in total. The number of nitrogens with zero attached hydrogens (tertiary/aromatic N) is 1. The minimum atomic E-state index is -0.900. The van der Waals surface area contributed by atoms with Crippen LogP contribution >= 0.6 is 11.3 Å². The van der Waals surface area contributed by atoms with Gasteiger partial charge in [-0.25, -0.2) is 0 Å². The van der Waals surface area contributed by atoms with E-state index in [2.05, 4.69) is 20.8 Å². The number of thiazole rings is 1. The van der Waals surface area contributed by atoms with Crippen molar-refractivity contribution in [2.24, 2.45) is 0 Å². The number of carbonyl (C=O) groups is 2. The van der Waals surface area contributed by atoms with E-state index in [4.69, 9.17) is 4.74 Å². The Balaban J connectivity index is 2.02. The Labute approximate surface area is 151 Å². The smallest absolute Gasteiger partial charge is 0.326 e. The first-order valence-corrected chi connectivity index (χ1v) is 8.96. The molecule has 0 amide bonds. The predicted octanol–water partition coefficient (Wildman–Crippen LogP) is 3.33. The van der Waals surface area contributed by atoms with Crippen LogP contribution in [0, 0.1) is 6.92 Å². The number of carbonyl (C=O) groups excluding carboxylic acids is 2. The van der Waals surface area contributed by atoms with Crippen LogP contribution in [0.3, 0.4) is 0 Å². The molecule has 0 aliphatic carbocycles. The van der Waals surface area contributed by atoms with Crippen molar-refractivity contribution in [3.8, 4) is 0 Å². The van der Waals surface area contributed by atoms with E-state index in [1.807, 2.05) is 12.1 Å². The molecule has 0 aliphatic heterocycles. The first-order chi connectivity index (χ1) is 11.6. The van der Waals surface area contributed by atoms with Gasteiger partial charge in [-0.2, -0.15) is 0 Å². The van der Waals surface area contributed by atoms with Crippen LogP contribution in [-0.2, 0) is 21.5 Å². The number of aryl methyl sites for hydroxylation is 1. The van der Waals surface area contributed by atoms with Gasteiger partial charge in [0.25, 0.3) is 0 Å². The summed E-state index contributed by atoms with van der Waals surface area (Å²) in [7, 11) is 0. The number of ketones is 1. The predicted molar refractivity (Wildman–Crippen MR) is 98.3 cm³/mol. The molecule has 6 heteroatoms. The van der Waals surface area contributed by atoms with Crippen LogP contribution in [-0.4, -0.2) is 22.4 Å². The molecule has 0 saturated heterocycles. The Hall–Kier alpha value is -2.21. The van der Waals surface area contributed by atoms with Crippen molar-refractivity contribution < 1.29 is 14.3 Å². The maximum Gasteiger partial charge on any atom is 0.326 e. The number of hydrogen-bond acceptors (Lipinski definition) is 5. The largest absolute Gasteiger partial charge is 0.453 e. The van der Waals surface area contributed by atoms with Crippen LogP contribution in [0.25, 0.3) is 0 Å². The van der Waals surface area contributed by atoms with Crippen LogP contribution in [0.1, 0.15) is 49.3 Å². The fourth-order valence-corrected chi connectivity index (χ4v) is 3.12. The summed E-state index contributed by atoms with van der Waals surface area (Å²) >= 11 is 1.03. The van der Waals surface area contributed by atoms with Gasteiger partial charge in [-0.3, -0.25) is 19.0 Å². The lowest BCUT2D eigenvalue weighted by molar-refractivity contribution is -0.147. The molecule has 1 aromatic carbocycles. The van der Waals surface area contributed by atoms with Crippen molar-refractivity contribution in [2.75, 3.05) is 0 Å². The van der Waals surface area contributed by atoms with Gasteiger partial charge < -0.3 is 4.74 Å². The lowest BCUT2D eigenvalue weighted by atomic mass is 9.86. The maximum absolute atomic E-state index is 12.4. The summed E-state index contributed by atoms with van der Waals surface area (Å²) in [4.78, 5) is 35.9. The average molecular weight is 361 g/mol. The van der Waals surface area contributed by atoms with Gasteiger partial charge in [-0.1, -0.05) is 56.4 Å². The molecule has 1 heterocycles. The summed E-state index contributed by atoms with van der Waals surface area (Å²) in [6.07, 6.45) is -0.900. The fourth-order valence-electron chi connectivity index (χ4n) is 2.38. The molecule has 134 valence electrons. The third kappa shape index (κ3) is 4.66. The molecular weight excluding hydrogens is 338 g/mol. The van der Waals surface area contributed by atoms with E-state index in [0.717, 1.165) is 16.9 Å². The van der Waals surface area contributed by atoms with Crippen LogP contribution in [0.5, 0.6) is 0 Å². The average Bonchev–Trinajstić information content (AvgIpc) is 2.85. The lowest BCUT2D eigenvalue weighted by Crippen LogP contribution is -2.29. The summed E-state index contributed by atoms with van der Waals surface area (Å²) in [6, 6.07) is 7.33. The van der Waals surface area contributed by atoms with Crippen LogP contribution in [0.15, 0.2) is 34.4 Å². The number of esters is 1. The minimum absolute atomic E-state index is 0.00527. The molecule has 25 heavy (non-hydrogen) atoms. The molecule has 0 saturated carbocycles. The lowest BCUT2D eigenvalue weighted by Gasteiger charge is -2.19. The highest BCUT2D eigenvalue weighted by molar-refractivity contribution is 7.07. The fraction of sp³-hybridized carbons (Fsp3) is 0.421. The molecule has 0 radical (unpaired) electrons. The molecule has 2 rings (SSSR count). The molecule has 0 spiro atoms. The highest BCUT2D eigenvalue weighted by atomic mass is 32.1. The van der Waals surface area contributed by atoms with Gasteiger partial charge in [0.15, 0.2) is 6.10 Å². The van der Waals surface area contributed by atoms with E-state index in [9.17, 15) is 14.4 Å². The monoisotopic (exact) mass is 361 g/mol. The Morgan fingerprint density at radius 3 is 2.28 bits per heavy atom. The first-order valence-electron chi connectivity index (χ1n) is 8.09. The second kappa shape index (κ2) is 7.35. The second-order valence-corrected chi connectivity index (χ2v) is 7.87. The van der Waals surface area contributed by atoms with E-state index in [1.54, 1.807) is 31.4 Å².